The van der Waals surface area contributed by atoms with E-state index in [0.29, 0.717) is 11.6 Å². The number of hydrogen-bond acceptors (Lipinski definition) is 4. The van der Waals surface area contributed by atoms with Crippen molar-refractivity contribution in [3.05, 3.63) is 78.0 Å². The highest BCUT2D eigenvalue weighted by molar-refractivity contribution is 5.55. The van der Waals surface area contributed by atoms with Crippen LogP contribution in [0.3, 0.4) is 0 Å². The van der Waals surface area contributed by atoms with E-state index in [4.69, 9.17) is 0 Å². The van der Waals surface area contributed by atoms with Crippen molar-refractivity contribution in [1.29, 1.82) is 0 Å². The van der Waals surface area contributed by atoms with E-state index in [-0.39, 0.29) is 0 Å². The highest BCUT2D eigenvalue weighted by Crippen LogP contribution is 2.19. The Bertz CT molecular complexity index is 840. The van der Waals surface area contributed by atoms with E-state index in [2.05, 4.69) is 32.3 Å². The van der Waals surface area contributed by atoms with Crippen LogP contribution in [0.5, 0.6) is 0 Å². The molecule has 0 aliphatic heterocycles. The summed E-state index contributed by atoms with van der Waals surface area (Å²) >= 11 is 0. The van der Waals surface area contributed by atoms with Crippen molar-refractivity contribution in [2.24, 2.45) is 0 Å². The quantitative estimate of drug-likeness (QED) is 0.716. The molecule has 0 aliphatic carbocycles. The van der Waals surface area contributed by atoms with Gasteiger partial charge in [-0.1, -0.05) is 30.3 Å². The normalized spacial score (nSPS) is 10.5. The van der Waals surface area contributed by atoms with E-state index in [9.17, 15) is 8.78 Å². The van der Waals surface area contributed by atoms with Gasteiger partial charge in [0, 0.05) is 31.0 Å². The van der Waals surface area contributed by atoms with E-state index in [1.165, 1.54) is 11.6 Å². The number of aromatic nitrogens is 2. The molecule has 0 amide bonds. The monoisotopic (exact) mass is 340 g/mol. The highest BCUT2D eigenvalue weighted by atomic mass is 19.2. The predicted molar refractivity (Wildman–Crippen MR) is 94.8 cm³/mol. The van der Waals surface area contributed by atoms with Gasteiger partial charge in [0.25, 0.3) is 0 Å². The van der Waals surface area contributed by atoms with Gasteiger partial charge in [-0.05, 0) is 30.7 Å². The first kappa shape index (κ1) is 16.8. The van der Waals surface area contributed by atoms with Crippen LogP contribution in [0.1, 0.15) is 12.5 Å². The molecule has 0 spiro atoms. The van der Waals surface area contributed by atoms with Gasteiger partial charge < -0.3 is 10.2 Å². The number of rotatable bonds is 6. The zero-order valence-electron chi connectivity index (χ0n) is 13.8. The molecule has 0 unspecified atom stereocenters. The van der Waals surface area contributed by atoms with Gasteiger partial charge >= 0.3 is 0 Å². The lowest BCUT2D eigenvalue weighted by Gasteiger charge is -2.22. The molecule has 3 aromatic rings. The van der Waals surface area contributed by atoms with Gasteiger partial charge in [0.1, 0.15) is 5.82 Å². The summed E-state index contributed by atoms with van der Waals surface area (Å²) in [6.07, 6.45) is 1.64. The Balaban J connectivity index is 1.78. The van der Waals surface area contributed by atoms with Gasteiger partial charge in [-0.2, -0.15) is 4.98 Å². The first-order valence-corrected chi connectivity index (χ1v) is 7.99. The van der Waals surface area contributed by atoms with Crippen molar-refractivity contribution >= 4 is 17.5 Å². The smallest absolute Gasteiger partial charge is 0.229 e. The number of nitrogens with zero attached hydrogens (tertiary/aromatic N) is 3. The van der Waals surface area contributed by atoms with Crippen LogP contribution in [-0.2, 0) is 6.54 Å². The molecule has 4 nitrogen and oxygen atoms in total. The van der Waals surface area contributed by atoms with Crippen LogP contribution in [-0.4, -0.2) is 16.5 Å². The van der Waals surface area contributed by atoms with E-state index in [0.717, 1.165) is 31.0 Å². The van der Waals surface area contributed by atoms with Gasteiger partial charge in [0.2, 0.25) is 5.95 Å². The van der Waals surface area contributed by atoms with Crippen molar-refractivity contribution in [3.63, 3.8) is 0 Å². The van der Waals surface area contributed by atoms with E-state index in [1.54, 1.807) is 6.20 Å². The molecule has 1 N–H and O–H groups in total. The Morgan fingerprint density at radius 1 is 1.00 bits per heavy atom. The standard InChI is InChI=1S/C19H18F2N4/c1-2-25(13-14-6-4-3-5-7-14)18-10-11-22-19(24-18)23-15-8-9-16(20)17(21)12-15/h3-12H,2,13H2,1H3,(H,22,23,24). The lowest BCUT2D eigenvalue weighted by molar-refractivity contribution is 0.509. The zero-order chi connectivity index (χ0) is 17.6. The average Bonchev–Trinajstić information content (AvgIpc) is 2.64. The first-order chi connectivity index (χ1) is 12.2. The second-order valence-electron chi connectivity index (χ2n) is 5.49. The minimum atomic E-state index is -0.916. The Labute approximate surface area is 145 Å². The summed E-state index contributed by atoms with van der Waals surface area (Å²) in [7, 11) is 0. The van der Waals surface area contributed by atoms with Gasteiger partial charge in [-0.15, -0.1) is 0 Å². The summed E-state index contributed by atoms with van der Waals surface area (Å²) in [5, 5.41) is 2.90. The van der Waals surface area contributed by atoms with Crippen LogP contribution in [0, 0.1) is 11.6 Å². The zero-order valence-corrected chi connectivity index (χ0v) is 13.8. The third-order valence-electron chi connectivity index (χ3n) is 3.74. The Hall–Kier alpha value is -3.02. The fourth-order valence-electron chi connectivity index (χ4n) is 2.45. The maximum absolute atomic E-state index is 13.3. The largest absolute Gasteiger partial charge is 0.352 e. The highest BCUT2D eigenvalue weighted by Gasteiger charge is 2.09. The number of nitrogens with one attached hydrogen (secondary N) is 1. The second-order valence-corrected chi connectivity index (χ2v) is 5.49. The molecule has 1 aromatic heterocycles. The Morgan fingerprint density at radius 3 is 2.52 bits per heavy atom. The molecule has 0 atom stereocenters. The van der Waals surface area contributed by atoms with Crippen LogP contribution in [0.15, 0.2) is 60.8 Å². The molecular weight excluding hydrogens is 322 g/mol. The minimum absolute atomic E-state index is 0.329. The van der Waals surface area contributed by atoms with Gasteiger partial charge in [0.15, 0.2) is 11.6 Å². The molecule has 0 saturated carbocycles. The van der Waals surface area contributed by atoms with Gasteiger partial charge in [-0.3, -0.25) is 0 Å². The SMILES string of the molecule is CCN(Cc1ccccc1)c1ccnc(Nc2ccc(F)c(F)c2)n1. The molecule has 1 heterocycles. The summed E-state index contributed by atoms with van der Waals surface area (Å²) in [4.78, 5) is 10.7. The van der Waals surface area contributed by atoms with Crippen LogP contribution < -0.4 is 10.2 Å². The molecule has 6 heteroatoms. The molecule has 25 heavy (non-hydrogen) atoms. The summed E-state index contributed by atoms with van der Waals surface area (Å²) < 4.78 is 26.3. The third kappa shape index (κ3) is 4.29. The van der Waals surface area contributed by atoms with Crippen LogP contribution in [0.2, 0.25) is 0 Å². The maximum atomic E-state index is 13.3. The van der Waals surface area contributed by atoms with Crippen molar-refractivity contribution in [2.75, 3.05) is 16.8 Å². The van der Waals surface area contributed by atoms with Crippen molar-refractivity contribution in [1.82, 2.24) is 9.97 Å². The van der Waals surface area contributed by atoms with Crippen molar-refractivity contribution < 1.29 is 8.78 Å². The van der Waals surface area contributed by atoms with E-state index in [1.807, 2.05) is 31.2 Å². The number of hydrogen-bond donors (Lipinski definition) is 1. The molecular formula is C19H18F2N4. The molecule has 0 saturated heterocycles. The molecule has 0 bridgehead atoms. The van der Waals surface area contributed by atoms with Crippen molar-refractivity contribution in [3.8, 4) is 0 Å². The molecule has 2 aromatic carbocycles. The average molecular weight is 340 g/mol. The summed E-state index contributed by atoms with van der Waals surface area (Å²) in [5.41, 5.74) is 1.57. The van der Waals surface area contributed by atoms with Gasteiger partial charge in [-0.25, -0.2) is 13.8 Å². The minimum Gasteiger partial charge on any atom is -0.352 e. The topological polar surface area (TPSA) is 41.1 Å². The number of halogens is 2. The fraction of sp³-hybridized carbons (Fsp3) is 0.158. The van der Waals surface area contributed by atoms with Crippen LogP contribution >= 0.6 is 0 Å². The number of benzene rings is 2. The Kier molecular flexibility index (Phi) is 5.18. The predicted octanol–water partition coefficient (Wildman–Crippen LogP) is 4.52. The Morgan fingerprint density at radius 2 is 1.80 bits per heavy atom. The first-order valence-electron chi connectivity index (χ1n) is 7.99. The maximum Gasteiger partial charge on any atom is 0.229 e. The summed E-state index contributed by atoms with van der Waals surface area (Å²) in [5.74, 6) is -0.720. The molecule has 128 valence electrons. The molecule has 3 rings (SSSR count). The molecule has 0 aliphatic rings. The second kappa shape index (κ2) is 7.70. The molecule has 0 radical (unpaired) electrons. The lowest BCUT2D eigenvalue weighted by Crippen LogP contribution is -2.23. The van der Waals surface area contributed by atoms with Crippen LogP contribution in [0.4, 0.5) is 26.2 Å². The lowest BCUT2D eigenvalue weighted by atomic mass is 10.2. The molecule has 0 fully saturated rings. The summed E-state index contributed by atoms with van der Waals surface area (Å²) in [6, 6.07) is 15.5. The van der Waals surface area contributed by atoms with Gasteiger partial charge in [0.05, 0.1) is 0 Å². The fourth-order valence-corrected chi connectivity index (χ4v) is 2.45. The summed E-state index contributed by atoms with van der Waals surface area (Å²) in [6.45, 7) is 3.54. The van der Waals surface area contributed by atoms with E-state index < -0.39 is 11.6 Å². The van der Waals surface area contributed by atoms with E-state index >= 15 is 0 Å². The van der Waals surface area contributed by atoms with Crippen molar-refractivity contribution in [2.45, 2.75) is 13.5 Å². The third-order valence-corrected chi connectivity index (χ3v) is 3.74. The number of anilines is 3. The van der Waals surface area contributed by atoms with Crippen LogP contribution in [0.25, 0.3) is 0 Å².